The van der Waals surface area contributed by atoms with Crippen LogP contribution in [-0.4, -0.2) is 0 Å². The number of benzene rings is 1. The second-order valence-corrected chi connectivity index (χ2v) is 7.03. The summed E-state index contributed by atoms with van der Waals surface area (Å²) in [6.07, 6.45) is 0. The van der Waals surface area contributed by atoms with E-state index in [2.05, 4.69) is 35.8 Å². The highest BCUT2D eigenvalue weighted by Crippen LogP contribution is 2.40. The third kappa shape index (κ3) is 2.87. The van der Waals surface area contributed by atoms with E-state index in [1.54, 1.807) is 11.3 Å². The molecular weight excluding hydrogens is 339 g/mol. The number of thiophene rings is 1. The van der Waals surface area contributed by atoms with E-state index < -0.39 is 0 Å². The van der Waals surface area contributed by atoms with Crippen LogP contribution < -0.4 is 0 Å². The Morgan fingerprint density at radius 2 is 1.76 bits per heavy atom. The maximum Gasteiger partial charge on any atom is 0.0931 e. The summed E-state index contributed by atoms with van der Waals surface area (Å²) in [4.78, 5) is 1.27. The highest BCUT2D eigenvalue weighted by molar-refractivity contribution is 9.09. The smallest absolute Gasteiger partial charge is 0.0931 e. The second-order valence-electron chi connectivity index (χ2n) is 3.96. The molecule has 0 bridgehead atoms. The average molecular weight is 350 g/mol. The quantitative estimate of drug-likeness (QED) is 0.570. The van der Waals surface area contributed by atoms with E-state index in [4.69, 9.17) is 23.2 Å². The van der Waals surface area contributed by atoms with Crippen molar-refractivity contribution in [3.63, 3.8) is 0 Å². The summed E-state index contributed by atoms with van der Waals surface area (Å²) >= 11 is 17.5. The van der Waals surface area contributed by atoms with Gasteiger partial charge in [0.1, 0.15) is 0 Å². The van der Waals surface area contributed by atoms with Crippen molar-refractivity contribution in [2.75, 3.05) is 0 Å². The Kier molecular flexibility index (Phi) is 4.19. The van der Waals surface area contributed by atoms with Gasteiger partial charge in [-0.1, -0.05) is 45.2 Å². The molecule has 2 aromatic rings. The van der Waals surface area contributed by atoms with Crippen molar-refractivity contribution >= 4 is 50.5 Å². The van der Waals surface area contributed by atoms with E-state index in [1.807, 2.05) is 18.2 Å². The largest absolute Gasteiger partial charge is 0.127 e. The van der Waals surface area contributed by atoms with Gasteiger partial charge in [-0.2, -0.15) is 0 Å². The van der Waals surface area contributed by atoms with Crippen LogP contribution in [0.2, 0.25) is 9.36 Å². The predicted molar refractivity (Wildman–Crippen MR) is 81.0 cm³/mol. The normalized spacial score (nSPS) is 12.8. The molecule has 0 fully saturated rings. The van der Waals surface area contributed by atoms with Gasteiger partial charge in [-0.15, -0.1) is 11.3 Å². The standard InChI is InChI=1S/C13H11BrCl2S/c1-7-5-9(10(15)6-8(7)2)13(14)11-3-4-12(16)17-11/h3-6,13H,1-2H3. The van der Waals surface area contributed by atoms with Crippen LogP contribution >= 0.6 is 50.5 Å². The van der Waals surface area contributed by atoms with Gasteiger partial charge in [0.05, 0.1) is 9.16 Å². The molecule has 1 aromatic carbocycles. The Morgan fingerprint density at radius 3 is 2.35 bits per heavy atom. The molecule has 90 valence electrons. The van der Waals surface area contributed by atoms with Gasteiger partial charge in [0, 0.05) is 9.90 Å². The third-order valence-electron chi connectivity index (χ3n) is 2.73. The maximum atomic E-state index is 6.29. The van der Waals surface area contributed by atoms with Crippen LogP contribution in [0.3, 0.4) is 0 Å². The molecule has 0 nitrogen and oxygen atoms in total. The molecule has 2 rings (SSSR count). The first-order valence-electron chi connectivity index (χ1n) is 5.15. The van der Waals surface area contributed by atoms with Gasteiger partial charge in [-0.25, -0.2) is 0 Å². The Bertz CT molecular complexity index is 548. The summed E-state index contributed by atoms with van der Waals surface area (Å²) in [5, 5.41) is 0.791. The van der Waals surface area contributed by atoms with Gasteiger partial charge in [0.15, 0.2) is 0 Å². The molecule has 1 aromatic heterocycles. The van der Waals surface area contributed by atoms with Crippen molar-refractivity contribution in [3.8, 4) is 0 Å². The maximum absolute atomic E-state index is 6.29. The highest BCUT2D eigenvalue weighted by Gasteiger charge is 2.16. The van der Waals surface area contributed by atoms with Crippen molar-refractivity contribution < 1.29 is 0 Å². The minimum Gasteiger partial charge on any atom is -0.127 e. The second kappa shape index (κ2) is 5.31. The summed E-state index contributed by atoms with van der Waals surface area (Å²) < 4.78 is 0.796. The Labute approximate surface area is 124 Å². The minimum atomic E-state index is 0.104. The number of halogens is 3. The lowest BCUT2D eigenvalue weighted by Gasteiger charge is -2.13. The van der Waals surface area contributed by atoms with Crippen molar-refractivity contribution in [2.45, 2.75) is 18.7 Å². The molecule has 17 heavy (non-hydrogen) atoms. The summed E-state index contributed by atoms with van der Waals surface area (Å²) in [5.74, 6) is 0. The molecule has 0 spiro atoms. The number of alkyl halides is 1. The van der Waals surface area contributed by atoms with Gasteiger partial charge in [-0.3, -0.25) is 0 Å². The third-order valence-corrected chi connectivity index (χ3v) is 5.64. The molecule has 0 radical (unpaired) electrons. The van der Waals surface area contributed by atoms with Crippen LogP contribution in [0.1, 0.15) is 26.4 Å². The number of rotatable bonds is 2. The van der Waals surface area contributed by atoms with Crippen molar-refractivity contribution in [3.05, 3.63) is 55.2 Å². The van der Waals surface area contributed by atoms with Crippen LogP contribution in [0.15, 0.2) is 24.3 Å². The lowest BCUT2D eigenvalue weighted by molar-refractivity contribution is 1.19. The number of hydrogen-bond acceptors (Lipinski definition) is 1. The molecule has 0 saturated heterocycles. The lowest BCUT2D eigenvalue weighted by atomic mass is 10.0. The first-order chi connectivity index (χ1) is 7.99. The van der Waals surface area contributed by atoms with E-state index in [0.29, 0.717) is 0 Å². The zero-order valence-electron chi connectivity index (χ0n) is 9.43. The first-order valence-corrected chi connectivity index (χ1v) is 7.64. The van der Waals surface area contributed by atoms with Crippen molar-refractivity contribution in [1.82, 2.24) is 0 Å². The minimum absolute atomic E-state index is 0.104. The van der Waals surface area contributed by atoms with Crippen molar-refractivity contribution in [1.29, 1.82) is 0 Å². The van der Waals surface area contributed by atoms with Gasteiger partial charge < -0.3 is 0 Å². The molecule has 0 aliphatic heterocycles. The van der Waals surface area contributed by atoms with Gasteiger partial charge in [0.2, 0.25) is 0 Å². The van der Waals surface area contributed by atoms with E-state index in [-0.39, 0.29) is 4.83 Å². The van der Waals surface area contributed by atoms with Crippen LogP contribution in [0.5, 0.6) is 0 Å². The molecule has 1 unspecified atom stereocenters. The van der Waals surface area contributed by atoms with Gasteiger partial charge in [0.25, 0.3) is 0 Å². The molecule has 1 heterocycles. The molecule has 1 atom stereocenters. The van der Waals surface area contributed by atoms with Crippen molar-refractivity contribution in [2.24, 2.45) is 0 Å². The Balaban J connectivity index is 2.43. The SMILES string of the molecule is Cc1cc(Cl)c(C(Br)c2ccc(Cl)s2)cc1C. The molecule has 0 amide bonds. The van der Waals surface area contributed by atoms with Crippen LogP contribution in [0, 0.1) is 13.8 Å². The van der Waals surface area contributed by atoms with Crippen LogP contribution in [-0.2, 0) is 0 Å². The molecule has 0 aliphatic carbocycles. The number of hydrogen-bond donors (Lipinski definition) is 0. The molecular formula is C13H11BrCl2S. The van der Waals surface area contributed by atoms with Gasteiger partial charge in [-0.05, 0) is 48.7 Å². The van der Waals surface area contributed by atoms with Crippen LogP contribution in [0.25, 0.3) is 0 Å². The van der Waals surface area contributed by atoms with Gasteiger partial charge >= 0.3 is 0 Å². The Morgan fingerprint density at radius 1 is 1.12 bits per heavy atom. The lowest BCUT2D eigenvalue weighted by Crippen LogP contribution is -1.94. The zero-order chi connectivity index (χ0) is 12.6. The molecule has 4 heteroatoms. The highest BCUT2D eigenvalue weighted by atomic mass is 79.9. The van der Waals surface area contributed by atoms with E-state index in [9.17, 15) is 0 Å². The summed E-state index contributed by atoms with van der Waals surface area (Å²) in [6.45, 7) is 4.16. The monoisotopic (exact) mass is 348 g/mol. The van der Waals surface area contributed by atoms with E-state index >= 15 is 0 Å². The fraction of sp³-hybridized carbons (Fsp3) is 0.231. The fourth-order valence-corrected chi connectivity index (χ4v) is 3.94. The zero-order valence-corrected chi connectivity index (χ0v) is 13.3. The fourth-order valence-electron chi connectivity index (χ4n) is 1.62. The average Bonchev–Trinajstić information content (AvgIpc) is 2.69. The number of aryl methyl sites for hydroxylation is 2. The van der Waals surface area contributed by atoms with E-state index in [1.165, 1.54) is 16.0 Å². The first kappa shape index (κ1) is 13.4. The van der Waals surface area contributed by atoms with E-state index in [0.717, 1.165) is 14.9 Å². The molecule has 0 saturated carbocycles. The molecule has 0 aliphatic rings. The molecule has 0 N–H and O–H groups in total. The van der Waals surface area contributed by atoms with Crippen LogP contribution in [0.4, 0.5) is 0 Å². The topological polar surface area (TPSA) is 0 Å². The summed E-state index contributed by atoms with van der Waals surface area (Å²) in [7, 11) is 0. The Hall–Kier alpha value is -0.0200. The summed E-state index contributed by atoms with van der Waals surface area (Å²) in [6, 6.07) is 8.07. The summed E-state index contributed by atoms with van der Waals surface area (Å²) in [5.41, 5.74) is 3.55. The predicted octanol–water partition coefficient (Wildman–Crippen LogP) is 6.16.